The quantitative estimate of drug-likeness (QED) is 0.692. The number of carbonyl (C=O) groups is 2. The van der Waals surface area contributed by atoms with Gasteiger partial charge < -0.3 is 16.0 Å². The first-order valence-corrected chi connectivity index (χ1v) is 6.43. The minimum atomic E-state index is -0.432. The lowest BCUT2D eigenvalue weighted by atomic mass is 9.98. The number of hydrogen-bond donors (Lipinski definition) is 2. The van der Waals surface area contributed by atoms with Gasteiger partial charge in [0.2, 0.25) is 11.8 Å². The summed E-state index contributed by atoms with van der Waals surface area (Å²) in [4.78, 5) is 24.8. The number of unbranched alkanes of at least 4 members (excludes halogenated alkanes) is 1. The van der Waals surface area contributed by atoms with Gasteiger partial charge in [-0.25, -0.2) is 0 Å². The Morgan fingerprint density at radius 2 is 2.24 bits per heavy atom. The SMILES string of the molecule is CCCCN(CC(N)=O)C(=O)[C@H]1CCCNC1. The van der Waals surface area contributed by atoms with Crippen molar-refractivity contribution in [2.24, 2.45) is 11.7 Å². The molecule has 0 radical (unpaired) electrons. The molecule has 1 aliphatic rings. The molecule has 0 aromatic rings. The topological polar surface area (TPSA) is 75.4 Å². The van der Waals surface area contributed by atoms with E-state index in [0.29, 0.717) is 6.54 Å². The van der Waals surface area contributed by atoms with E-state index in [2.05, 4.69) is 12.2 Å². The molecule has 0 saturated carbocycles. The second-order valence-electron chi connectivity index (χ2n) is 4.62. The first-order chi connectivity index (χ1) is 8.15. The van der Waals surface area contributed by atoms with E-state index in [1.807, 2.05) is 0 Å². The third-order valence-electron chi connectivity index (χ3n) is 3.09. The number of nitrogens with one attached hydrogen (secondary N) is 1. The number of rotatable bonds is 6. The number of carbonyl (C=O) groups excluding carboxylic acids is 2. The summed E-state index contributed by atoms with van der Waals surface area (Å²) in [5.74, 6) is -0.345. The molecule has 1 aliphatic heterocycles. The highest BCUT2D eigenvalue weighted by Crippen LogP contribution is 2.13. The second-order valence-corrected chi connectivity index (χ2v) is 4.62. The summed E-state index contributed by atoms with van der Waals surface area (Å²) in [6, 6.07) is 0. The molecule has 0 aromatic heterocycles. The van der Waals surface area contributed by atoms with Crippen LogP contribution in [-0.4, -0.2) is 42.9 Å². The highest BCUT2D eigenvalue weighted by atomic mass is 16.2. The van der Waals surface area contributed by atoms with Gasteiger partial charge in [-0.2, -0.15) is 0 Å². The van der Waals surface area contributed by atoms with Crippen LogP contribution in [0, 0.1) is 5.92 Å². The molecule has 1 heterocycles. The van der Waals surface area contributed by atoms with Crippen molar-refractivity contribution in [3.8, 4) is 0 Å². The molecule has 5 nitrogen and oxygen atoms in total. The molecule has 98 valence electrons. The van der Waals surface area contributed by atoms with Crippen LogP contribution in [0.15, 0.2) is 0 Å². The fourth-order valence-corrected chi connectivity index (χ4v) is 2.13. The molecule has 0 aromatic carbocycles. The van der Waals surface area contributed by atoms with Gasteiger partial charge in [0.1, 0.15) is 0 Å². The lowest BCUT2D eigenvalue weighted by Gasteiger charge is -2.28. The smallest absolute Gasteiger partial charge is 0.237 e. The average Bonchev–Trinajstić information content (AvgIpc) is 2.34. The van der Waals surface area contributed by atoms with Gasteiger partial charge >= 0.3 is 0 Å². The summed E-state index contributed by atoms with van der Waals surface area (Å²) in [7, 11) is 0. The largest absolute Gasteiger partial charge is 0.368 e. The molecule has 1 saturated heterocycles. The van der Waals surface area contributed by atoms with Gasteiger partial charge in [0, 0.05) is 13.1 Å². The van der Waals surface area contributed by atoms with Crippen molar-refractivity contribution in [1.29, 1.82) is 0 Å². The Balaban J connectivity index is 2.53. The molecule has 0 unspecified atom stereocenters. The normalized spacial score (nSPS) is 19.9. The van der Waals surface area contributed by atoms with E-state index in [1.54, 1.807) is 4.90 Å². The number of primary amides is 1. The van der Waals surface area contributed by atoms with Crippen molar-refractivity contribution in [3.63, 3.8) is 0 Å². The predicted octanol–water partition coefficient (Wildman–Crippen LogP) is 0.100. The molecular formula is C12H23N3O2. The molecule has 5 heteroatoms. The van der Waals surface area contributed by atoms with Crippen LogP contribution in [0.4, 0.5) is 0 Å². The Bertz CT molecular complexity index is 262. The molecule has 0 bridgehead atoms. The summed E-state index contributed by atoms with van der Waals surface area (Å²) >= 11 is 0. The standard InChI is InChI=1S/C12H23N3O2/c1-2-3-7-15(9-11(13)16)12(17)10-5-4-6-14-8-10/h10,14H,2-9H2,1H3,(H2,13,16)/t10-/m0/s1. The van der Waals surface area contributed by atoms with E-state index in [4.69, 9.17) is 5.73 Å². The van der Waals surface area contributed by atoms with Crippen molar-refractivity contribution < 1.29 is 9.59 Å². The van der Waals surface area contributed by atoms with E-state index < -0.39 is 5.91 Å². The van der Waals surface area contributed by atoms with Gasteiger partial charge in [-0.15, -0.1) is 0 Å². The summed E-state index contributed by atoms with van der Waals surface area (Å²) in [5, 5.41) is 3.22. The fraction of sp³-hybridized carbons (Fsp3) is 0.833. The van der Waals surface area contributed by atoms with Gasteiger partial charge in [0.15, 0.2) is 0 Å². The first-order valence-electron chi connectivity index (χ1n) is 6.43. The summed E-state index contributed by atoms with van der Waals surface area (Å²) < 4.78 is 0. The number of piperidine rings is 1. The molecule has 17 heavy (non-hydrogen) atoms. The predicted molar refractivity (Wildman–Crippen MR) is 66.3 cm³/mol. The maximum atomic E-state index is 12.2. The highest BCUT2D eigenvalue weighted by molar-refractivity contribution is 5.85. The maximum absolute atomic E-state index is 12.2. The van der Waals surface area contributed by atoms with E-state index in [0.717, 1.165) is 38.8 Å². The molecule has 1 atom stereocenters. The van der Waals surface area contributed by atoms with Crippen molar-refractivity contribution in [2.75, 3.05) is 26.2 Å². The van der Waals surface area contributed by atoms with Crippen LogP contribution in [-0.2, 0) is 9.59 Å². The van der Waals surface area contributed by atoms with Crippen molar-refractivity contribution >= 4 is 11.8 Å². The zero-order valence-corrected chi connectivity index (χ0v) is 10.6. The van der Waals surface area contributed by atoms with Crippen molar-refractivity contribution in [3.05, 3.63) is 0 Å². The van der Waals surface area contributed by atoms with Gasteiger partial charge in [0.05, 0.1) is 12.5 Å². The Labute approximate surface area is 103 Å². The van der Waals surface area contributed by atoms with Crippen LogP contribution in [0.5, 0.6) is 0 Å². The van der Waals surface area contributed by atoms with Crippen molar-refractivity contribution in [1.82, 2.24) is 10.2 Å². The van der Waals surface area contributed by atoms with E-state index >= 15 is 0 Å². The molecule has 1 rings (SSSR count). The Morgan fingerprint density at radius 1 is 1.47 bits per heavy atom. The highest BCUT2D eigenvalue weighted by Gasteiger charge is 2.26. The van der Waals surface area contributed by atoms with E-state index in [-0.39, 0.29) is 18.4 Å². The third-order valence-corrected chi connectivity index (χ3v) is 3.09. The Kier molecular flexibility index (Phi) is 5.97. The molecular weight excluding hydrogens is 218 g/mol. The van der Waals surface area contributed by atoms with Gasteiger partial charge in [-0.05, 0) is 25.8 Å². The van der Waals surface area contributed by atoms with Gasteiger partial charge in [-0.3, -0.25) is 9.59 Å². The Hall–Kier alpha value is -1.10. The minimum absolute atomic E-state index is 0.0138. The van der Waals surface area contributed by atoms with Crippen molar-refractivity contribution in [2.45, 2.75) is 32.6 Å². The lowest BCUT2D eigenvalue weighted by Crippen LogP contribution is -2.46. The zero-order chi connectivity index (χ0) is 12.7. The second kappa shape index (κ2) is 7.27. The van der Waals surface area contributed by atoms with Crippen LogP contribution in [0.3, 0.4) is 0 Å². The maximum Gasteiger partial charge on any atom is 0.237 e. The summed E-state index contributed by atoms with van der Waals surface area (Å²) in [6.45, 7) is 4.45. The molecule has 3 N–H and O–H groups in total. The molecule has 2 amide bonds. The molecule has 0 spiro atoms. The van der Waals surface area contributed by atoms with Gasteiger partial charge in [-0.1, -0.05) is 13.3 Å². The lowest BCUT2D eigenvalue weighted by molar-refractivity contribution is -0.139. The monoisotopic (exact) mass is 241 g/mol. The minimum Gasteiger partial charge on any atom is -0.368 e. The summed E-state index contributed by atoms with van der Waals surface area (Å²) in [5.41, 5.74) is 5.18. The zero-order valence-electron chi connectivity index (χ0n) is 10.6. The van der Waals surface area contributed by atoms with Crippen LogP contribution in [0.1, 0.15) is 32.6 Å². The molecule has 1 fully saturated rings. The number of amides is 2. The number of hydrogen-bond acceptors (Lipinski definition) is 3. The van der Waals surface area contributed by atoms with Gasteiger partial charge in [0.25, 0.3) is 0 Å². The average molecular weight is 241 g/mol. The van der Waals surface area contributed by atoms with Crippen LogP contribution in [0.25, 0.3) is 0 Å². The van der Waals surface area contributed by atoms with E-state index in [1.165, 1.54) is 0 Å². The summed E-state index contributed by atoms with van der Waals surface area (Å²) in [6.07, 6.45) is 3.85. The molecule has 0 aliphatic carbocycles. The number of nitrogens with zero attached hydrogens (tertiary/aromatic N) is 1. The third kappa shape index (κ3) is 4.73. The Morgan fingerprint density at radius 3 is 2.76 bits per heavy atom. The van der Waals surface area contributed by atoms with Crippen LogP contribution in [0.2, 0.25) is 0 Å². The first kappa shape index (κ1) is 14.0. The number of nitrogens with two attached hydrogens (primary N) is 1. The van der Waals surface area contributed by atoms with E-state index in [9.17, 15) is 9.59 Å². The van der Waals surface area contributed by atoms with Crippen LogP contribution >= 0.6 is 0 Å². The van der Waals surface area contributed by atoms with Crippen LogP contribution < -0.4 is 11.1 Å². The fourth-order valence-electron chi connectivity index (χ4n) is 2.13.